The molecule has 0 atom stereocenters. The summed E-state index contributed by atoms with van der Waals surface area (Å²) < 4.78 is 1.77. The third-order valence-corrected chi connectivity index (χ3v) is 6.67. The summed E-state index contributed by atoms with van der Waals surface area (Å²) in [5.41, 5.74) is 6.01. The van der Waals surface area contributed by atoms with Crippen molar-refractivity contribution in [3.8, 4) is 11.3 Å². The van der Waals surface area contributed by atoms with Crippen molar-refractivity contribution < 1.29 is 9.72 Å². The summed E-state index contributed by atoms with van der Waals surface area (Å²) in [4.78, 5) is 38.1. The zero-order chi connectivity index (χ0) is 25.8. The lowest BCUT2D eigenvalue weighted by atomic mass is 10.1. The van der Waals surface area contributed by atoms with E-state index in [9.17, 15) is 14.9 Å². The lowest BCUT2D eigenvalue weighted by Gasteiger charge is -2.17. The summed E-state index contributed by atoms with van der Waals surface area (Å²) in [5, 5.41) is 19.7. The molecular formula is C26H22N8O3. The molecule has 11 nitrogen and oxygen atoms in total. The summed E-state index contributed by atoms with van der Waals surface area (Å²) >= 11 is 0. The number of H-pyrrole nitrogens is 1. The van der Waals surface area contributed by atoms with E-state index in [1.165, 1.54) is 12.1 Å². The molecule has 0 spiro atoms. The minimum Gasteiger partial charge on any atom is -0.359 e. The molecule has 4 heterocycles. The van der Waals surface area contributed by atoms with Gasteiger partial charge in [0.25, 0.3) is 11.6 Å². The second-order valence-corrected chi connectivity index (χ2v) is 9.04. The Hall–Kier alpha value is -5.06. The zero-order valence-electron chi connectivity index (χ0n) is 20.3. The Kier molecular flexibility index (Phi) is 5.00. The topological polar surface area (TPSA) is 135 Å². The number of non-ortho nitro benzene ring substituents is 1. The Morgan fingerprint density at radius 1 is 1.14 bits per heavy atom. The van der Waals surface area contributed by atoms with Crippen LogP contribution in [-0.4, -0.2) is 35.6 Å². The number of carbonyl (C=O) groups is 1. The number of aromatic nitrogens is 5. The van der Waals surface area contributed by atoms with Crippen molar-refractivity contribution in [1.29, 1.82) is 0 Å². The number of benzene rings is 2. The highest BCUT2D eigenvalue weighted by Crippen LogP contribution is 2.38. The molecule has 184 valence electrons. The van der Waals surface area contributed by atoms with Gasteiger partial charge in [0, 0.05) is 54.3 Å². The number of hydrogen-bond donors (Lipinski definition) is 2. The number of nitrogens with one attached hydrogen (secondary N) is 2. The first-order chi connectivity index (χ1) is 17.8. The van der Waals surface area contributed by atoms with Gasteiger partial charge in [-0.25, -0.2) is 9.97 Å². The number of nitrogens with zero attached hydrogens (tertiary/aromatic N) is 6. The third kappa shape index (κ3) is 3.68. The molecule has 0 radical (unpaired) electrons. The lowest BCUT2D eigenvalue weighted by Crippen LogP contribution is -2.23. The SMILES string of the molecule is Cc1cnc(Nc2cc(C)n(C)n2)nc1-c1c[nH]c2c(N3Cc4ccc([N+](=O)[O-])cc4C3=O)cccc12. The third-order valence-electron chi connectivity index (χ3n) is 6.67. The average molecular weight is 495 g/mol. The Morgan fingerprint density at radius 2 is 1.97 bits per heavy atom. The second-order valence-electron chi connectivity index (χ2n) is 9.04. The number of nitro groups is 1. The Labute approximate surface area is 210 Å². The molecule has 37 heavy (non-hydrogen) atoms. The monoisotopic (exact) mass is 494 g/mol. The summed E-state index contributed by atoms with van der Waals surface area (Å²) in [6.45, 7) is 4.25. The number of fused-ring (bicyclic) bond motifs is 2. The number of aryl methyl sites for hydroxylation is 3. The van der Waals surface area contributed by atoms with Crippen molar-refractivity contribution in [3.05, 3.63) is 87.4 Å². The summed E-state index contributed by atoms with van der Waals surface area (Å²) in [6, 6.07) is 12.1. The molecule has 1 aliphatic heterocycles. The van der Waals surface area contributed by atoms with E-state index in [2.05, 4.69) is 20.4 Å². The van der Waals surface area contributed by atoms with Crippen LogP contribution in [0.1, 0.15) is 27.2 Å². The highest BCUT2D eigenvalue weighted by molar-refractivity contribution is 6.14. The van der Waals surface area contributed by atoms with Crippen molar-refractivity contribution in [3.63, 3.8) is 0 Å². The maximum atomic E-state index is 13.2. The van der Waals surface area contributed by atoms with Gasteiger partial charge in [-0.15, -0.1) is 0 Å². The van der Waals surface area contributed by atoms with Gasteiger partial charge in [0.15, 0.2) is 5.82 Å². The summed E-state index contributed by atoms with van der Waals surface area (Å²) in [7, 11) is 1.87. The van der Waals surface area contributed by atoms with Crippen LogP contribution < -0.4 is 10.2 Å². The molecular weight excluding hydrogens is 472 g/mol. The van der Waals surface area contributed by atoms with Gasteiger partial charge >= 0.3 is 0 Å². The van der Waals surface area contributed by atoms with Crippen molar-refractivity contribution in [2.24, 2.45) is 7.05 Å². The fourth-order valence-electron chi connectivity index (χ4n) is 4.67. The number of rotatable bonds is 5. The molecule has 0 saturated heterocycles. The molecule has 0 unspecified atom stereocenters. The summed E-state index contributed by atoms with van der Waals surface area (Å²) in [6.07, 6.45) is 3.63. The fourth-order valence-corrected chi connectivity index (χ4v) is 4.67. The van der Waals surface area contributed by atoms with Crippen LogP contribution in [0.3, 0.4) is 0 Å². The molecule has 5 aromatic rings. The van der Waals surface area contributed by atoms with E-state index < -0.39 is 4.92 Å². The Bertz CT molecular complexity index is 1720. The van der Waals surface area contributed by atoms with Crippen molar-refractivity contribution in [2.45, 2.75) is 20.4 Å². The number of amides is 1. The molecule has 1 aliphatic rings. The first-order valence-electron chi connectivity index (χ1n) is 11.6. The minimum atomic E-state index is -0.490. The maximum absolute atomic E-state index is 13.2. The van der Waals surface area contributed by atoms with E-state index in [4.69, 9.17) is 4.98 Å². The predicted octanol–water partition coefficient (Wildman–Crippen LogP) is 4.79. The van der Waals surface area contributed by atoms with Crippen LogP contribution in [0.15, 0.2) is 54.9 Å². The molecule has 0 aliphatic carbocycles. The normalized spacial score (nSPS) is 12.8. The van der Waals surface area contributed by atoms with Crippen molar-refractivity contribution in [2.75, 3.05) is 10.2 Å². The van der Waals surface area contributed by atoms with Crippen LogP contribution in [0.25, 0.3) is 22.2 Å². The quantitative estimate of drug-likeness (QED) is 0.265. The zero-order valence-corrected chi connectivity index (χ0v) is 20.3. The lowest BCUT2D eigenvalue weighted by molar-refractivity contribution is -0.384. The van der Waals surface area contributed by atoms with E-state index in [-0.39, 0.29) is 11.6 Å². The van der Waals surface area contributed by atoms with Crippen LogP contribution >= 0.6 is 0 Å². The fraction of sp³-hybridized carbons (Fsp3) is 0.154. The van der Waals surface area contributed by atoms with Gasteiger partial charge in [0.05, 0.1) is 33.9 Å². The number of hydrogen-bond acceptors (Lipinski definition) is 7. The Balaban J connectivity index is 1.38. The molecule has 6 rings (SSSR count). The average Bonchev–Trinajstić information content (AvgIpc) is 3.55. The van der Waals surface area contributed by atoms with Crippen LogP contribution in [0.4, 0.5) is 23.1 Å². The minimum absolute atomic E-state index is 0.0983. The van der Waals surface area contributed by atoms with Gasteiger partial charge in [-0.1, -0.05) is 12.1 Å². The van der Waals surface area contributed by atoms with Crippen molar-refractivity contribution in [1.82, 2.24) is 24.7 Å². The smallest absolute Gasteiger partial charge is 0.270 e. The molecule has 2 aromatic carbocycles. The van der Waals surface area contributed by atoms with E-state index in [1.807, 2.05) is 51.4 Å². The van der Waals surface area contributed by atoms with Crippen LogP contribution in [0.5, 0.6) is 0 Å². The van der Waals surface area contributed by atoms with E-state index in [0.29, 0.717) is 29.6 Å². The number of aromatic amines is 1. The van der Waals surface area contributed by atoms with E-state index in [1.54, 1.807) is 21.8 Å². The van der Waals surface area contributed by atoms with Gasteiger partial charge in [-0.3, -0.25) is 19.6 Å². The Morgan fingerprint density at radius 3 is 2.73 bits per heavy atom. The second kappa shape index (κ2) is 8.26. The number of nitro benzene ring substituents is 1. The highest BCUT2D eigenvalue weighted by atomic mass is 16.6. The number of para-hydroxylation sites is 1. The van der Waals surface area contributed by atoms with Crippen LogP contribution in [0.2, 0.25) is 0 Å². The first-order valence-corrected chi connectivity index (χ1v) is 11.6. The molecule has 2 N–H and O–H groups in total. The standard InChI is InChI=1S/C26H22N8O3/c1-14-11-28-26(29-22-9-15(2)32(3)31-22)30-23(14)20-12-27-24-18(20)5-4-6-21(24)33-13-16-7-8-17(34(36)37)10-19(16)25(33)35/h4-12,27H,13H2,1-3H3,(H,28,29,30,31). The number of carbonyl (C=O) groups excluding carboxylic acids is 1. The molecule has 1 amide bonds. The molecule has 0 bridgehead atoms. The van der Waals surface area contributed by atoms with Gasteiger partial charge in [-0.05, 0) is 37.1 Å². The summed E-state index contributed by atoms with van der Waals surface area (Å²) in [5.74, 6) is 0.817. The van der Waals surface area contributed by atoms with Gasteiger partial charge in [-0.2, -0.15) is 5.10 Å². The van der Waals surface area contributed by atoms with Gasteiger partial charge in [0.2, 0.25) is 5.95 Å². The van der Waals surface area contributed by atoms with Crippen LogP contribution in [-0.2, 0) is 13.6 Å². The predicted molar refractivity (Wildman–Crippen MR) is 139 cm³/mol. The van der Waals surface area contributed by atoms with Crippen molar-refractivity contribution >= 4 is 40.0 Å². The number of anilines is 3. The molecule has 3 aromatic heterocycles. The van der Waals surface area contributed by atoms with Gasteiger partial charge < -0.3 is 15.2 Å². The maximum Gasteiger partial charge on any atom is 0.270 e. The highest BCUT2D eigenvalue weighted by Gasteiger charge is 2.31. The van der Waals surface area contributed by atoms with Crippen LogP contribution in [0, 0.1) is 24.0 Å². The molecule has 0 fully saturated rings. The van der Waals surface area contributed by atoms with E-state index in [0.717, 1.165) is 39.0 Å². The first kappa shape index (κ1) is 22.4. The largest absolute Gasteiger partial charge is 0.359 e. The molecule has 0 saturated carbocycles. The molecule has 11 heteroatoms. The van der Waals surface area contributed by atoms with Gasteiger partial charge in [0.1, 0.15) is 0 Å². The van der Waals surface area contributed by atoms with E-state index >= 15 is 0 Å².